The number of carbonyl (C=O) groups is 2. The van der Waals surface area contributed by atoms with Crippen molar-refractivity contribution < 1.29 is 22.7 Å². The second-order valence-corrected chi connectivity index (χ2v) is 11.5. The number of alkyl carbamates (subject to hydrolysis) is 1. The number of hydrogen-bond donors (Lipinski definition) is 3. The van der Waals surface area contributed by atoms with E-state index in [0.717, 1.165) is 41.5 Å². The zero-order chi connectivity index (χ0) is 25.9. The summed E-state index contributed by atoms with van der Waals surface area (Å²) < 4.78 is 35.2. The molecule has 3 heterocycles. The van der Waals surface area contributed by atoms with Gasteiger partial charge in [-0.25, -0.2) is 4.79 Å². The van der Waals surface area contributed by atoms with Crippen LogP contribution in [0.5, 0.6) is 0 Å². The van der Waals surface area contributed by atoms with Crippen molar-refractivity contribution in [2.75, 3.05) is 25.5 Å². The molecule has 1 aromatic carbocycles. The van der Waals surface area contributed by atoms with E-state index in [1.807, 2.05) is 6.07 Å². The van der Waals surface area contributed by atoms with Crippen molar-refractivity contribution in [2.45, 2.75) is 54.9 Å². The standard InChI is InChI=1S/C25H27N5O6S/c1-36-25(33)27-12-20(31)30-8-2-3-18(30)23-28-17-7-6-13(10-19(17)37(34,35)29-23)16-11-26-24(32)22-15-5-4-14(9-15)21(16)22/h6-7,10-11,14-15,18H,2-5,8-9,12H2,1H3,(H,26,32)(H,27,33)(H,28,29). The predicted molar refractivity (Wildman–Crippen MR) is 135 cm³/mol. The molecule has 6 rings (SSSR count). The van der Waals surface area contributed by atoms with Crippen LogP contribution in [-0.2, 0) is 19.6 Å². The third kappa shape index (κ3) is 3.90. The molecule has 37 heavy (non-hydrogen) atoms. The number of sulfonamides is 1. The van der Waals surface area contributed by atoms with Gasteiger partial charge in [0.05, 0.1) is 18.8 Å². The topological polar surface area (TPSA) is 150 Å². The van der Waals surface area contributed by atoms with Gasteiger partial charge in [-0.05, 0) is 67.2 Å². The lowest BCUT2D eigenvalue weighted by molar-refractivity contribution is -0.129. The molecule has 1 saturated heterocycles. The molecule has 194 valence electrons. The first-order valence-electron chi connectivity index (χ1n) is 12.4. The number of aromatic amines is 1. The molecule has 2 bridgehead atoms. The molecule has 2 amide bonds. The smallest absolute Gasteiger partial charge is 0.407 e. The molecule has 1 saturated carbocycles. The second-order valence-electron chi connectivity index (χ2n) is 9.94. The summed E-state index contributed by atoms with van der Waals surface area (Å²) in [5, 5.41) is 5.49. The number of nitrogens with zero attached hydrogens (tertiary/aromatic N) is 2. The number of anilines is 1. The molecule has 12 heteroatoms. The third-order valence-corrected chi connectivity index (χ3v) is 9.26. The van der Waals surface area contributed by atoms with Crippen molar-refractivity contribution in [1.29, 1.82) is 0 Å². The van der Waals surface area contributed by atoms with Crippen LogP contribution in [0.1, 0.15) is 55.1 Å². The van der Waals surface area contributed by atoms with E-state index in [2.05, 4.69) is 24.8 Å². The van der Waals surface area contributed by atoms with Gasteiger partial charge < -0.3 is 25.3 Å². The van der Waals surface area contributed by atoms with Gasteiger partial charge in [0, 0.05) is 23.9 Å². The molecule has 3 unspecified atom stereocenters. The van der Waals surface area contributed by atoms with Crippen molar-refractivity contribution in [3.8, 4) is 11.1 Å². The minimum Gasteiger partial charge on any atom is -0.453 e. The highest BCUT2D eigenvalue weighted by molar-refractivity contribution is 7.90. The van der Waals surface area contributed by atoms with Gasteiger partial charge in [0.2, 0.25) is 5.91 Å². The van der Waals surface area contributed by atoms with Gasteiger partial charge in [0.1, 0.15) is 17.3 Å². The van der Waals surface area contributed by atoms with E-state index in [9.17, 15) is 22.8 Å². The number of likely N-dealkylation sites (tertiary alicyclic amines) is 1. The monoisotopic (exact) mass is 525 g/mol. The Kier molecular flexibility index (Phi) is 5.59. The van der Waals surface area contributed by atoms with Crippen molar-refractivity contribution in [3.63, 3.8) is 0 Å². The van der Waals surface area contributed by atoms with Crippen LogP contribution in [0, 0.1) is 0 Å². The van der Waals surface area contributed by atoms with Crippen LogP contribution in [-0.4, -0.2) is 62.4 Å². The average molecular weight is 526 g/mol. The Morgan fingerprint density at radius 3 is 2.76 bits per heavy atom. The van der Waals surface area contributed by atoms with Crippen LogP contribution in [0.25, 0.3) is 11.1 Å². The number of methoxy groups -OCH3 is 1. The summed E-state index contributed by atoms with van der Waals surface area (Å²) in [5.41, 5.74) is 3.81. The highest BCUT2D eigenvalue weighted by Gasteiger charge is 2.41. The van der Waals surface area contributed by atoms with Gasteiger partial charge in [-0.1, -0.05) is 6.07 Å². The van der Waals surface area contributed by atoms with E-state index in [1.165, 1.54) is 12.0 Å². The Morgan fingerprint density at radius 1 is 1.19 bits per heavy atom. The van der Waals surface area contributed by atoms with E-state index < -0.39 is 22.2 Å². The number of pyridine rings is 1. The fourth-order valence-electron chi connectivity index (χ4n) is 6.31. The Hall–Kier alpha value is -3.67. The van der Waals surface area contributed by atoms with Gasteiger partial charge in [0.15, 0.2) is 0 Å². The summed E-state index contributed by atoms with van der Waals surface area (Å²) in [6.45, 7) is 0.173. The number of amidine groups is 1. The molecule has 11 nitrogen and oxygen atoms in total. The first-order chi connectivity index (χ1) is 17.8. The summed E-state index contributed by atoms with van der Waals surface area (Å²) in [6.07, 6.45) is 5.23. The molecule has 0 radical (unpaired) electrons. The lowest BCUT2D eigenvalue weighted by Gasteiger charge is -2.29. The Labute approximate surface area is 213 Å². The van der Waals surface area contributed by atoms with Crippen LogP contribution >= 0.6 is 0 Å². The normalized spacial score (nSPS) is 24.6. The van der Waals surface area contributed by atoms with Crippen molar-refractivity contribution in [1.82, 2.24) is 15.2 Å². The van der Waals surface area contributed by atoms with E-state index in [1.54, 1.807) is 18.3 Å². The van der Waals surface area contributed by atoms with Gasteiger partial charge in [-0.3, -0.25) is 9.59 Å². The first kappa shape index (κ1) is 23.7. The number of ether oxygens (including phenoxy) is 1. The molecule has 0 spiro atoms. The number of rotatable bonds is 4. The Morgan fingerprint density at radius 2 is 1.97 bits per heavy atom. The number of fused-ring (bicyclic) bond motifs is 6. The summed E-state index contributed by atoms with van der Waals surface area (Å²) in [7, 11) is -2.83. The van der Waals surface area contributed by atoms with E-state index in [4.69, 9.17) is 0 Å². The van der Waals surface area contributed by atoms with Crippen molar-refractivity contribution in [2.24, 2.45) is 4.40 Å². The molecule has 3 atom stereocenters. The molecule has 4 aliphatic rings. The zero-order valence-corrected chi connectivity index (χ0v) is 21.1. The van der Waals surface area contributed by atoms with Gasteiger partial charge in [0.25, 0.3) is 15.6 Å². The molecular formula is C25H27N5O6S. The number of H-pyrrole nitrogens is 1. The maximum absolute atomic E-state index is 13.3. The van der Waals surface area contributed by atoms with Crippen LogP contribution in [0.4, 0.5) is 10.5 Å². The first-order valence-corrected chi connectivity index (χ1v) is 13.8. The quantitative estimate of drug-likeness (QED) is 0.554. The van der Waals surface area contributed by atoms with Crippen LogP contribution in [0.3, 0.4) is 0 Å². The number of benzene rings is 1. The van der Waals surface area contributed by atoms with Crippen molar-refractivity contribution in [3.05, 3.63) is 45.9 Å². The molecule has 2 fully saturated rings. The van der Waals surface area contributed by atoms with Crippen LogP contribution in [0.2, 0.25) is 0 Å². The summed E-state index contributed by atoms with van der Waals surface area (Å²) >= 11 is 0. The van der Waals surface area contributed by atoms with E-state index >= 15 is 0 Å². The number of carbonyl (C=O) groups excluding carboxylic acids is 2. The van der Waals surface area contributed by atoms with Gasteiger partial charge in [-0.15, -0.1) is 4.40 Å². The maximum Gasteiger partial charge on any atom is 0.407 e. The average Bonchev–Trinajstić information content (AvgIpc) is 3.64. The summed E-state index contributed by atoms with van der Waals surface area (Å²) in [4.78, 5) is 41.0. The minimum absolute atomic E-state index is 0.0510. The van der Waals surface area contributed by atoms with Crippen LogP contribution < -0.4 is 16.2 Å². The Bertz CT molecular complexity index is 1510. The highest BCUT2D eigenvalue weighted by atomic mass is 32.2. The lowest BCUT2D eigenvalue weighted by atomic mass is 9.87. The summed E-state index contributed by atoms with van der Waals surface area (Å²) in [6, 6.07) is 4.62. The second kappa shape index (κ2) is 8.72. The number of aromatic nitrogens is 1. The number of nitrogens with one attached hydrogen (secondary N) is 3. The van der Waals surface area contributed by atoms with E-state index in [-0.39, 0.29) is 34.7 Å². The molecule has 1 aromatic heterocycles. The zero-order valence-electron chi connectivity index (χ0n) is 20.2. The number of amides is 2. The molecule has 3 N–H and O–H groups in total. The summed E-state index contributed by atoms with van der Waals surface area (Å²) in [5.74, 6) is 0.439. The fraction of sp³-hybridized carbons (Fsp3) is 0.440. The van der Waals surface area contributed by atoms with E-state index in [0.29, 0.717) is 31.0 Å². The third-order valence-electron chi connectivity index (χ3n) is 7.93. The molecule has 2 aromatic rings. The largest absolute Gasteiger partial charge is 0.453 e. The highest BCUT2D eigenvalue weighted by Crippen LogP contribution is 2.54. The Balaban J connectivity index is 1.30. The fourth-order valence-corrected chi connectivity index (χ4v) is 7.51. The van der Waals surface area contributed by atoms with Crippen molar-refractivity contribution >= 4 is 33.5 Å². The SMILES string of the molecule is COC(=O)NCC(=O)N1CCCC1C1=NS(=O)(=O)c2cc(-c3c[nH]c(=O)c4c3C3CCC4C3)ccc2N1. The van der Waals surface area contributed by atoms with Gasteiger partial charge in [-0.2, -0.15) is 8.42 Å². The lowest BCUT2D eigenvalue weighted by Crippen LogP contribution is -2.48. The van der Waals surface area contributed by atoms with Crippen LogP contribution in [0.15, 0.2) is 38.5 Å². The maximum atomic E-state index is 13.3. The molecule has 2 aliphatic heterocycles. The molecular weight excluding hydrogens is 498 g/mol. The number of hydrogen-bond acceptors (Lipinski definition) is 7. The predicted octanol–water partition coefficient (Wildman–Crippen LogP) is 2.27. The minimum atomic E-state index is -4.04. The van der Waals surface area contributed by atoms with Gasteiger partial charge >= 0.3 is 6.09 Å². The molecule has 2 aliphatic carbocycles.